The number of hydrogen-bond acceptors (Lipinski definition) is 3. The summed E-state index contributed by atoms with van der Waals surface area (Å²) in [6, 6.07) is -0.886. The Balaban J connectivity index is 1.92. The Bertz CT molecular complexity index is 822. The minimum absolute atomic E-state index is 0.00615. The van der Waals surface area contributed by atoms with Crippen molar-refractivity contribution in [1.29, 1.82) is 0 Å². The number of anilines is 1. The fourth-order valence-electron chi connectivity index (χ4n) is 2.60. The van der Waals surface area contributed by atoms with E-state index in [9.17, 15) is 18.0 Å². The van der Waals surface area contributed by atoms with Gasteiger partial charge < -0.3 is 5.32 Å². The molecule has 0 bridgehead atoms. The molecule has 6 nitrogen and oxygen atoms in total. The van der Waals surface area contributed by atoms with Crippen LogP contribution in [0.1, 0.15) is 48.8 Å². The Morgan fingerprint density at radius 2 is 2.08 bits per heavy atom. The molecule has 0 aliphatic heterocycles. The van der Waals surface area contributed by atoms with E-state index in [-0.39, 0.29) is 10.4 Å². The Morgan fingerprint density at radius 1 is 1.44 bits per heavy atom. The maximum absolute atomic E-state index is 13.2. The van der Waals surface area contributed by atoms with E-state index < -0.39 is 23.8 Å². The zero-order valence-corrected chi connectivity index (χ0v) is 15.4. The summed E-state index contributed by atoms with van der Waals surface area (Å²) >= 11 is 3.03. The molecule has 1 saturated carbocycles. The van der Waals surface area contributed by atoms with Crippen LogP contribution >= 0.6 is 15.9 Å². The van der Waals surface area contributed by atoms with Crippen LogP contribution in [0.4, 0.5) is 18.9 Å². The van der Waals surface area contributed by atoms with Gasteiger partial charge in [0.15, 0.2) is 5.69 Å². The van der Waals surface area contributed by atoms with E-state index in [1.54, 1.807) is 18.7 Å². The van der Waals surface area contributed by atoms with Crippen molar-refractivity contribution in [2.75, 3.05) is 5.32 Å². The highest BCUT2D eigenvalue weighted by Gasteiger charge is 2.43. The van der Waals surface area contributed by atoms with Crippen molar-refractivity contribution in [3.63, 3.8) is 0 Å². The molecule has 1 aliphatic rings. The molecule has 1 aliphatic carbocycles. The molecule has 0 aromatic carbocycles. The van der Waals surface area contributed by atoms with Gasteiger partial charge in [-0.3, -0.25) is 14.2 Å². The van der Waals surface area contributed by atoms with E-state index in [2.05, 4.69) is 31.4 Å². The molecule has 25 heavy (non-hydrogen) atoms. The standard InChI is InChI=1S/C15H17BrF3N5O/c1-7-10(6-20-23(7)3)21-14(25)8(2)24-12(9-4-5-9)11(16)13(22-24)15(17,18)19/h6,8-9H,4-5H2,1-3H3,(H,21,25). The summed E-state index contributed by atoms with van der Waals surface area (Å²) in [5.74, 6) is -0.449. The second-order valence-corrected chi connectivity index (χ2v) is 6.99. The molecule has 1 amide bonds. The molecule has 1 atom stereocenters. The number of halogens is 4. The summed E-state index contributed by atoms with van der Waals surface area (Å²) in [7, 11) is 1.74. The van der Waals surface area contributed by atoms with Crippen molar-refractivity contribution in [2.45, 2.75) is 44.8 Å². The zero-order chi connectivity index (χ0) is 18.5. The van der Waals surface area contributed by atoms with E-state index in [0.717, 1.165) is 18.5 Å². The Hall–Kier alpha value is -1.84. The lowest BCUT2D eigenvalue weighted by molar-refractivity contribution is -0.142. The van der Waals surface area contributed by atoms with Gasteiger partial charge in [0, 0.05) is 13.0 Å². The Kier molecular flexibility index (Phi) is 4.42. The second kappa shape index (κ2) is 6.15. The summed E-state index contributed by atoms with van der Waals surface area (Å²) < 4.78 is 42.2. The number of amides is 1. The van der Waals surface area contributed by atoms with Crippen molar-refractivity contribution < 1.29 is 18.0 Å². The van der Waals surface area contributed by atoms with Crippen LogP contribution in [0, 0.1) is 6.92 Å². The number of alkyl halides is 3. The molecule has 2 aromatic rings. The van der Waals surface area contributed by atoms with Gasteiger partial charge in [0.05, 0.1) is 27.7 Å². The van der Waals surface area contributed by atoms with Crippen molar-refractivity contribution >= 4 is 27.5 Å². The fraction of sp³-hybridized carbons (Fsp3) is 0.533. The number of aromatic nitrogens is 4. The largest absolute Gasteiger partial charge is 0.436 e. The predicted octanol–water partition coefficient (Wildman–Crippen LogP) is 3.78. The van der Waals surface area contributed by atoms with E-state index >= 15 is 0 Å². The first-order valence-electron chi connectivity index (χ1n) is 7.75. The maximum Gasteiger partial charge on any atom is 0.436 e. The lowest BCUT2D eigenvalue weighted by atomic mass is 10.2. The van der Waals surface area contributed by atoms with Crippen LogP contribution in [0.3, 0.4) is 0 Å². The number of carbonyl (C=O) groups is 1. The molecular weight excluding hydrogens is 403 g/mol. The Morgan fingerprint density at radius 3 is 2.56 bits per heavy atom. The average Bonchev–Trinajstić information content (AvgIpc) is 3.23. The molecule has 2 heterocycles. The topological polar surface area (TPSA) is 64.7 Å². The number of aryl methyl sites for hydroxylation is 1. The molecule has 3 rings (SSSR count). The minimum atomic E-state index is -4.58. The quantitative estimate of drug-likeness (QED) is 0.819. The monoisotopic (exact) mass is 419 g/mol. The molecule has 1 unspecified atom stereocenters. The number of nitrogens with one attached hydrogen (secondary N) is 1. The molecule has 0 radical (unpaired) electrons. The van der Waals surface area contributed by atoms with E-state index in [1.807, 2.05) is 0 Å². The van der Waals surface area contributed by atoms with Gasteiger partial charge in [-0.05, 0) is 42.6 Å². The van der Waals surface area contributed by atoms with Crippen LogP contribution in [0.25, 0.3) is 0 Å². The van der Waals surface area contributed by atoms with E-state index in [4.69, 9.17) is 0 Å². The van der Waals surface area contributed by atoms with Gasteiger partial charge in [-0.1, -0.05) is 0 Å². The average molecular weight is 420 g/mol. The first-order valence-corrected chi connectivity index (χ1v) is 8.55. The van der Waals surface area contributed by atoms with Gasteiger partial charge in [-0.2, -0.15) is 23.4 Å². The number of nitrogens with zero attached hydrogens (tertiary/aromatic N) is 4. The molecule has 1 N–H and O–H groups in total. The lowest BCUT2D eigenvalue weighted by Gasteiger charge is -2.15. The first kappa shape index (κ1) is 18.0. The molecule has 10 heteroatoms. The minimum Gasteiger partial charge on any atom is -0.321 e. The third-order valence-corrected chi connectivity index (χ3v) is 5.14. The van der Waals surface area contributed by atoms with Crippen LogP contribution in [0.2, 0.25) is 0 Å². The van der Waals surface area contributed by atoms with Crippen molar-refractivity contribution in [3.8, 4) is 0 Å². The molecule has 2 aromatic heterocycles. The van der Waals surface area contributed by atoms with Gasteiger partial charge in [-0.25, -0.2) is 0 Å². The normalized spacial score (nSPS) is 16.1. The van der Waals surface area contributed by atoms with Crippen LogP contribution in [-0.4, -0.2) is 25.5 Å². The Labute approximate surface area is 150 Å². The van der Waals surface area contributed by atoms with Crippen molar-refractivity contribution in [3.05, 3.63) is 27.8 Å². The highest BCUT2D eigenvalue weighted by Crippen LogP contribution is 2.47. The van der Waals surface area contributed by atoms with E-state index in [1.165, 1.54) is 17.8 Å². The molecule has 0 spiro atoms. The van der Waals surface area contributed by atoms with E-state index in [0.29, 0.717) is 11.4 Å². The molecule has 136 valence electrons. The van der Waals surface area contributed by atoms with Crippen molar-refractivity contribution in [2.24, 2.45) is 7.05 Å². The molecular formula is C15H17BrF3N5O. The van der Waals surface area contributed by atoms with Crippen LogP contribution in [0.5, 0.6) is 0 Å². The summed E-state index contributed by atoms with van der Waals surface area (Å²) in [5, 5.41) is 10.4. The van der Waals surface area contributed by atoms with Gasteiger partial charge >= 0.3 is 6.18 Å². The third-order valence-electron chi connectivity index (χ3n) is 4.36. The number of carbonyl (C=O) groups excluding carboxylic acids is 1. The molecule has 0 saturated heterocycles. The third kappa shape index (κ3) is 3.31. The van der Waals surface area contributed by atoms with Crippen LogP contribution in [-0.2, 0) is 18.0 Å². The van der Waals surface area contributed by atoms with Crippen molar-refractivity contribution in [1.82, 2.24) is 19.6 Å². The van der Waals surface area contributed by atoms with Gasteiger partial charge in [0.25, 0.3) is 0 Å². The highest BCUT2D eigenvalue weighted by molar-refractivity contribution is 9.10. The smallest absolute Gasteiger partial charge is 0.321 e. The predicted molar refractivity (Wildman–Crippen MR) is 88.2 cm³/mol. The maximum atomic E-state index is 13.2. The summed E-state index contributed by atoms with van der Waals surface area (Å²) in [6.07, 6.45) is -1.50. The summed E-state index contributed by atoms with van der Waals surface area (Å²) in [4.78, 5) is 12.5. The number of hydrogen-bond donors (Lipinski definition) is 1. The van der Waals surface area contributed by atoms with Gasteiger partial charge in [0.1, 0.15) is 6.04 Å². The highest BCUT2D eigenvalue weighted by atomic mass is 79.9. The van der Waals surface area contributed by atoms with Gasteiger partial charge in [0.2, 0.25) is 5.91 Å². The SMILES string of the molecule is Cc1c(NC(=O)C(C)n2nc(C(F)(F)F)c(Br)c2C2CC2)cnn1C. The first-order chi connectivity index (χ1) is 11.6. The number of rotatable bonds is 4. The second-order valence-electron chi connectivity index (χ2n) is 6.20. The van der Waals surface area contributed by atoms with Crippen LogP contribution < -0.4 is 5.32 Å². The zero-order valence-electron chi connectivity index (χ0n) is 13.9. The fourth-order valence-corrected chi connectivity index (χ4v) is 3.41. The summed E-state index contributed by atoms with van der Waals surface area (Å²) in [6.45, 7) is 3.32. The summed E-state index contributed by atoms with van der Waals surface area (Å²) in [5.41, 5.74) is 0.708. The van der Waals surface area contributed by atoms with Crippen LogP contribution in [0.15, 0.2) is 10.7 Å². The molecule has 1 fully saturated rings. The lowest BCUT2D eigenvalue weighted by Crippen LogP contribution is -2.26. The van der Waals surface area contributed by atoms with Gasteiger partial charge in [-0.15, -0.1) is 0 Å².